The van der Waals surface area contributed by atoms with Crippen molar-refractivity contribution in [1.29, 1.82) is 0 Å². The highest BCUT2D eigenvalue weighted by atomic mass is 35.5. The van der Waals surface area contributed by atoms with E-state index >= 15 is 0 Å². The van der Waals surface area contributed by atoms with Gasteiger partial charge in [-0.05, 0) is 39.8 Å². The topological polar surface area (TPSA) is 47.6 Å². The summed E-state index contributed by atoms with van der Waals surface area (Å²) in [6.07, 6.45) is -0.0262. The normalized spacial score (nSPS) is 10.7. The minimum absolute atomic E-state index is 0.0262. The second kappa shape index (κ2) is 6.66. The van der Waals surface area contributed by atoms with Crippen LogP contribution in [0.15, 0.2) is 12.1 Å². The molecule has 0 saturated carbocycles. The van der Waals surface area contributed by atoms with Crippen LogP contribution in [-0.2, 0) is 0 Å². The van der Waals surface area contributed by atoms with Crippen molar-refractivity contribution in [3.63, 3.8) is 0 Å². The first-order valence-electron chi connectivity index (χ1n) is 6.20. The van der Waals surface area contributed by atoms with Crippen LogP contribution in [0, 0.1) is 0 Å². The van der Waals surface area contributed by atoms with Gasteiger partial charge in [-0.15, -0.1) is 0 Å². The molecule has 0 aliphatic carbocycles. The minimum atomic E-state index is -0.189. The second-order valence-corrected chi connectivity index (χ2v) is 5.19. The summed E-state index contributed by atoms with van der Waals surface area (Å²) < 4.78 is 10.8. The van der Waals surface area contributed by atoms with Gasteiger partial charge in [0.25, 0.3) is 5.91 Å². The highest BCUT2D eigenvalue weighted by Gasteiger charge is 2.17. The Bertz CT molecular complexity index is 458. The van der Waals surface area contributed by atoms with Crippen molar-refractivity contribution in [2.75, 3.05) is 7.11 Å². The van der Waals surface area contributed by atoms with Crippen LogP contribution in [0.1, 0.15) is 38.1 Å². The van der Waals surface area contributed by atoms with Gasteiger partial charge in [0.1, 0.15) is 0 Å². The summed E-state index contributed by atoms with van der Waals surface area (Å²) in [5, 5.41) is 3.17. The Balaban J connectivity index is 3.12. The highest BCUT2D eigenvalue weighted by Crippen LogP contribution is 2.37. The first-order valence-corrected chi connectivity index (χ1v) is 6.58. The molecule has 0 fully saturated rings. The summed E-state index contributed by atoms with van der Waals surface area (Å²) in [6.45, 7) is 7.59. The Morgan fingerprint density at radius 3 is 2.37 bits per heavy atom. The fourth-order valence-electron chi connectivity index (χ4n) is 1.55. The Hall–Kier alpha value is -1.42. The summed E-state index contributed by atoms with van der Waals surface area (Å²) in [5.41, 5.74) is 0.451. The number of hydrogen-bond acceptors (Lipinski definition) is 3. The fourth-order valence-corrected chi connectivity index (χ4v) is 1.80. The summed E-state index contributed by atoms with van der Waals surface area (Å²) in [7, 11) is 1.52. The molecule has 5 heteroatoms. The molecule has 19 heavy (non-hydrogen) atoms. The molecule has 0 bridgehead atoms. The molecule has 1 rings (SSSR count). The van der Waals surface area contributed by atoms with E-state index in [1.165, 1.54) is 7.11 Å². The maximum atomic E-state index is 11.9. The van der Waals surface area contributed by atoms with E-state index in [1.807, 2.05) is 27.7 Å². The Morgan fingerprint density at radius 1 is 1.26 bits per heavy atom. The Labute approximate surface area is 119 Å². The summed E-state index contributed by atoms with van der Waals surface area (Å²) in [5.74, 6) is 0.724. The lowest BCUT2D eigenvalue weighted by Gasteiger charge is -2.16. The molecule has 4 nitrogen and oxygen atoms in total. The van der Waals surface area contributed by atoms with E-state index in [2.05, 4.69) is 5.32 Å². The lowest BCUT2D eigenvalue weighted by molar-refractivity contribution is 0.0942. The zero-order valence-electron chi connectivity index (χ0n) is 11.9. The molecule has 0 unspecified atom stereocenters. The van der Waals surface area contributed by atoms with Crippen LogP contribution < -0.4 is 14.8 Å². The average Bonchev–Trinajstić information content (AvgIpc) is 2.29. The van der Waals surface area contributed by atoms with Gasteiger partial charge in [0, 0.05) is 11.6 Å². The third-order valence-corrected chi connectivity index (χ3v) is 2.55. The number of nitrogens with one attached hydrogen (secondary N) is 1. The number of benzene rings is 1. The van der Waals surface area contributed by atoms with E-state index < -0.39 is 0 Å². The highest BCUT2D eigenvalue weighted by molar-refractivity contribution is 6.32. The molecular formula is C14H20ClNO3. The summed E-state index contributed by atoms with van der Waals surface area (Å²) >= 11 is 6.15. The molecule has 1 N–H and O–H groups in total. The van der Waals surface area contributed by atoms with Gasteiger partial charge >= 0.3 is 0 Å². The lowest BCUT2D eigenvalue weighted by Crippen LogP contribution is -2.30. The van der Waals surface area contributed by atoms with Gasteiger partial charge in [-0.1, -0.05) is 11.6 Å². The van der Waals surface area contributed by atoms with E-state index in [-0.39, 0.29) is 18.1 Å². The van der Waals surface area contributed by atoms with E-state index in [0.29, 0.717) is 22.1 Å². The predicted molar refractivity (Wildman–Crippen MR) is 76.4 cm³/mol. The first kappa shape index (κ1) is 15.6. The zero-order chi connectivity index (χ0) is 14.6. The zero-order valence-corrected chi connectivity index (χ0v) is 12.7. The maximum absolute atomic E-state index is 11.9. The van der Waals surface area contributed by atoms with Crippen LogP contribution in [-0.4, -0.2) is 25.2 Å². The van der Waals surface area contributed by atoms with E-state index in [4.69, 9.17) is 21.1 Å². The number of hydrogen-bond donors (Lipinski definition) is 1. The van der Waals surface area contributed by atoms with Crippen molar-refractivity contribution < 1.29 is 14.3 Å². The number of halogens is 1. The van der Waals surface area contributed by atoms with E-state index in [1.54, 1.807) is 12.1 Å². The van der Waals surface area contributed by atoms with Crippen molar-refractivity contribution in [2.45, 2.75) is 39.8 Å². The largest absolute Gasteiger partial charge is 0.493 e. The van der Waals surface area contributed by atoms with E-state index in [0.717, 1.165) is 0 Å². The molecule has 0 aliphatic rings. The summed E-state index contributed by atoms with van der Waals surface area (Å²) in [4.78, 5) is 11.9. The van der Waals surface area contributed by atoms with Gasteiger partial charge < -0.3 is 14.8 Å². The molecule has 1 amide bonds. The number of amides is 1. The number of carbonyl (C=O) groups is 1. The molecule has 0 aliphatic heterocycles. The standard InChI is InChI=1S/C14H20ClNO3/c1-8(2)16-14(17)10-6-11(15)13(19-9(3)4)12(7-10)18-5/h6-9H,1-5H3,(H,16,17). The third-order valence-electron chi connectivity index (χ3n) is 2.26. The van der Waals surface area contributed by atoms with Crippen LogP contribution in [0.3, 0.4) is 0 Å². The number of methoxy groups -OCH3 is 1. The van der Waals surface area contributed by atoms with Crippen molar-refractivity contribution >= 4 is 17.5 Å². The molecule has 0 aromatic heterocycles. The number of rotatable bonds is 5. The van der Waals surface area contributed by atoms with Crippen LogP contribution in [0.2, 0.25) is 5.02 Å². The molecule has 0 radical (unpaired) electrons. The van der Waals surface area contributed by atoms with Gasteiger partial charge in [0.05, 0.1) is 18.2 Å². The maximum Gasteiger partial charge on any atom is 0.251 e. The van der Waals surface area contributed by atoms with Crippen molar-refractivity contribution in [2.24, 2.45) is 0 Å². The number of carbonyl (C=O) groups excluding carboxylic acids is 1. The quantitative estimate of drug-likeness (QED) is 0.903. The lowest BCUT2D eigenvalue weighted by atomic mass is 10.1. The van der Waals surface area contributed by atoms with Crippen LogP contribution in [0.5, 0.6) is 11.5 Å². The van der Waals surface area contributed by atoms with Crippen LogP contribution in [0.25, 0.3) is 0 Å². The average molecular weight is 286 g/mol. The van der Waals surface area contributed by atoms with Crippen molar-refractivity contribution in [3.8, 4) is 11.5 Å². The predicted octanol–water partition coefficient (Wildman–Crippen LogP) is 3.27. The summed E-state index contributed by atoms with van der Waals surface area (Å²) in [6, 6.07) is 3.27. The molecule has 106 valence electrons. The van der Waals surface area contributed by atoms with Crippen LogP contribution >= 0.6 is 11.6 Å². The van der Waals surface area contributed by atoms with Crippen LogP contribution in [0.4, 0.5) is 0 Å². The third kappa shape index (κ3) is 4.31. The molecule has 1 aromatic rings. The number of ether oxygens (including phenoxy) is 2. The van der Waals surface area contributed by atoms with Gasteiger partial charge in [0.15, 0.2) is 11.5 Å². The van der Waals surface area contributed by atoms with Gasteiger partial charge in [-0.25, -0.2) is 0 Å². The molecule has 0 spiro atoms. The van der Waals surface area contributed by atoms with Gasteiger partial charge in [-0.2, -0.15) is 0 Å². The van der Waals surface area contributed by atoms with Crippen molar-refractivity contribution in [1.82, 2.24) is 5.32 Å². The fraction of sp³-hybridized carbons (Fsp3) is 0.500. The smallest absolute Gasteiger partial charge is 0.251 e. The van der Waals surface area contributed by atoms with Gasteiger partial charge in [-0.3, -0.25) is 4.79 Å². The molecule has 0 saturated heterocycles. The molecular weight excluding hydrogens is 266 g/mol. The van der Waals surface area contributed by atoms with E-state index in [9.17, 15) is 4.79 Å². The first-order chi connectivity index (χ1) is 8.85. The Kier molecular flexibility index (Phi) is 5.48. The second-order valence-electron chi connectivity index (χ2n) is 4.78. The molecule has 1 aromatic carbocycles. The monoisotopic (exact) mass is 285 g/mol. The Morgan fingerprint density at radius 2 is 1.89 bits per heavy atom. The minimum Gasteiger partial charge on any atom is -0.493 e. The molecule has 0 heterocycles. The van der Waals surface area contributed by atoms with Gasteiger partial charge in [0.2, 0.25) is 0 Å². The van der Waals surface area contributed by atoms with Crippen molar-refractivity contribution in [3.05, 3.63) is 22.7 Å². The SMILES string of the molecule is COc1cc(C(=O)NC(C)C)cc(Cl)c1OC(C)C. The molecule has 0 atom stereocenters.